The second kappa shape index (κ2) is 6.45. The molecule has 2 aromatic rings. The first kappa shape index (κ1) is 15.6. The summed E-state index contributed by atoms with van der Waals surface area (Å²) in [6.45, 7) is 0.780. The summed E-state index contributed by atoms with van der Waals surface area (Å²) < 4.78 is 28.6. The monoisotopic (exact) mass is 339 g/mol. The Kier molecular flexibility index (Phi) is 4.37. The molecule has 9 heteroatoms. The summed E-state index contributed by atoms with van der Waals surface area (Å²) in [5.41, 5.74) is -0.0810. The van der Waals surface area contributed by atoms with Gasteiger partial charge in [0.1, 0.15) is 17.5 Å². The minimum absolute atomic E-state index is 0.0810. The molecule has 0 atom stereocenters. The predicted octanol–water partition coefficient (Wildman–Crippen LogP) is 2.92. The van der Waals surface area contributed by atoms with Gasteiger partial charge in [0.25, 0.3) is 0 Å². The summed E-state index contributed by atoms with van der Waals surface area (Å²) in [7, 11) is 0. The Morgan fingerprint density at radius 1 is 1.43 bits per heavy atom. The summed E-state index contributed by atoms with van der Waals surface area (Å²) in [5, 5.41) is 11.9. The van der Waals surface area contributed by atoms with Gasteiger partial charge in [0.15, 0.2) is 4.77 Å². The number of aromatic nitrogens is 3. The quantitative estimate of drug-likeness (QED) is 0.733. The topological polar surface area (TPSA) is 74.7 Å². The summed E-state index contributed by atoms with van der Waals surface area (Å²) in [6, 6.07) is 2.38. The maximum atomic E-state index is 13.4. The van der Waals surface area contributed by atoms with Crippen LogP contribution in [0.4, 0.5) is 19.3 Å². The first-order valence-corrected chi connectivity index (χ1v) is 7.60. The molecule has 3 rings (SSSR count). The second-order valence-corrected chi connectivity index (χ2v) is 5.70. The van der Waals surface area contributed by atoms with E-state index in [4.69, 9.17) is 12.2 Å². The van der Waals surface area contributed by atoms with Crippen molar-refractivity contribution in [2.24, 2.45) is 0 Å². The Morgan fingerprint density at radius 2 is 2.22 bits per heavy atom. The number of aromatic amines is 1. The SMILES string of the molecule is O=C(NCCn1c(C2CC2)n[nH]c1=S)Nc1ccc(F)cc1F. The molecule has 1 fully saturated rings. The number of H-pyrrole nitrogens is 1. The van der Waals surface area contributed by atoms with E-state index in [0.29, 0.717) is 29.8 Å². The third-order valence-corrected chi connectivity index (χ3v) is 3.84. The lowest BCUT2D eigenvalue weighted by atomic mass is 10.3. The highest BCUT2D eigenvalue weighted by Gasteiger charge is 2.28. The van der Waals surface area contributed by atoms with Crippen molar-refractivity contribution in [1.29, 1.82) is 0 Å². The van der Waals surface area contributed by atoms with E-state index in [1.807, 2.05) is 4.57 Å². The molecule has 0 radical (unpaired) electrons. The minimum Gasteiger partial charge on any atom is -0.336 e. The van der Waals surface area contributed by atoms with Crippen molar-refractivity contribution in [2.45, 2.75) is 25.3 Å². The van der Waals surface area contributed by atoms with Gasteiger partial charge in [-0.05, 0) is 37.2 Å². The molecule has 0 aliphatic heterocycles. The maximum absolute atomic E-state index is 13.4. The van der Waals surface area contributed by atoms with E-state index in [0.717, 1.165) is 24.7 Å². The lowest BCUT2D eigenvalue weighted by Crippen LogP contribution is -2.32. The number of hydrogen-bond acceptors (Lipinski definition) is 3. The Hall–Kier alpha value is -2.29. The zero-order valence-corrected chi connectivity index (χ0v) is 12.9. The summed E-state index contributed by atoms with van der Waals surface area (Å²) in [4.78, 5) is 11.8. The standard InChI is InChI=1S/C14H15F2N5OS/c15-9-3-4-11(10(16)7-9)18-13(22)17-5-6-21-12(8-1-2-8)19-20-14(21)23/h3-4,7-8H,1-2,5-6H2,(H,20,23)(H2,17,18,22). The van der Waals surface area contributed by atoms with E-state index in [1.165, 1.54) is 6.07 Å². The molecule has 0 saturated heterocycles. The fourth-order valence-electron chi connectivity index (χ4n) is 2.24. The lowest BCUT2D eigenvalue weighted by molar-refractivity contribution is 0.251. The number of anilines is 1. The molecule has 1 saturated carbocycles. The van der Waals surface area contributed by atoms with Crippen LogP contribution in [0.2, 0.25) is 0 Å². The molecule has 122 valence electrons. The summed E-state index contributed by atoms with van der Waals surface area (Å²) in [6.07, 6.45) is 2.19. The van der Waals surface area contributed by atoms with Gasteiger partial charge in [-0.25, -0.2) is 13.6 Å². The molecule has 1 aromatic carbocycles. The summed E-state index contributed by atoms with van der Waals surface area (Å²) in [5.74, 6) is -0.185. The van der Waals surface area contributed by atoms with Gasteiger partial charge in [0.05, 0.1) is 5.69 Å². The number of rotatable bonds is 5. The van der Waals surface area contributed by atoms with Crippen LogP contribution in [0.5, 0.6) is 0 Å². The number of hydrogen-bond donors (Lipinski definition) is 3. The van der Waals surface area contributed by atoms with Crippen molar-refractivity contribution in [2.75, 3.05) is 11.9 Å². The third-order valence-electron chi connectivity index (χ3n) is 3.53. The van der Waals surface area contributed by atoms with Gasteiger partial charge in [0.2, 0.25) is 0 Å². The van der Waals surface area contributed by atoms with Crippen molar-refractivity contribution >= 4 is 23.9 Å². The predicted molar refractivity (Wildman–Crippen MR) is 82.8 cm³/mol. The molecule has 0 bridgehead atoms. The van der Waals surface area contributed by atoms with Crippen molar-refractivity contribution in [3.63, 3.8) is 0 Å². The van der Waals surface area contributed by atoms with Crippen LogP contribution >= 0.6 is 12.2 Å². The van der Waals surface area contributed by atoms with Crippen LogP contribution in [0, 0.1) is 16.4 Å². The molecule has 1 heterocycles. The van der Waals surface area contributed by atoms with Gasteiger partial charge in [-0.2, -0.15) is 5.10 Å². The van der Waals surface area contributed by atoms with Crippen molar-refractivity contribution in [1.82, 2.24) is 20.1 Å². The van der Waals surface area contributed by atoms with Gasteiger partial charge in [-0.3, -0.25) is 5.10 Å². The molecule has 2 amide bonds. The normalized spacial score (nSPS) is 13.8. The number of amides is 2. The molecular formula is C14H15F2N5OS. The van der Waals surface area contributed by atoms with E-state index < -0.39 is 17.7 Å². The Balaban J connectivity index is 1.53. The van der Waals surface area contributed by atoms with Crippen LogP contribution in [0.3, 0.4) is 0 Å². The van der Waals surface area contributed by atoms with E-state index in [9.17, 15) is 13.6 Å². The average molecular weight is 339 g/mol. The van der Waals surface area contributed by atoms with Gasteiger partial charge >= 0.3 is 6.03 Å². The number of nitrogens with one attached hydrogen (secondary N) is 3. The number of carbonyl (C=O) groups excluding carboxylic acids is 1. The number of carbonyl (C=O) groups is 1. The van der Waals surface area contributed by atoms with Gasteiger partial charge < -0.3 is 15.2 Å². The highest BCUT2D eigenvalue weighted by molar-refractivity contribution is 7.71. The molecule has 1 aromatic heterocycles. The maximum Gasteiger partial charge on any atom is 0.319 e. The average Bonchev–Trinajstić information content (AvgIpc) is 3.27. The molecule has 1 aliphatic carbocycles. The largest absolute Gasteiger partial charge is 0.336 e. The second-order valence-electron chi connectivity index (χ2n) is 5.32. The molecule has 6 nitrogen and oxygen atoms in total. The highest BCUT2D eigenvalue weighted by atomic mass is 32.1. The fourth-order valence-corrected chi connectivity index (χ4v) is 2.47. The number of halogens is 2. The third kappa shape index (κ3) is 3.73. The van der Waals surface area contributed by atoms with Crippen LogP contribution in [0.15, 0.2) is 18.2 Å². The minimum atomic E-state index is -0.826. The smallest absolute Gasteiger partial charge is 0.319 e. The van der Waals surface area contributed by atoms with Crippen LogP contribution in [0.1, 0.15) is 24.6 Å². The van der Waals surface area contributed by atoms with Gasteiger partial charge in [-0.15, -0.1) is 0 Å². The van der Waals surface area contributed by atoms with E-state index >= 15 is 0 Å². The van der Waals surface area contributed by atoms with Crippen molar-refractivity contribution in [3.05, 3.63) is 40.4 Å². The highest BCUT2D eigenvalue weighted by Crippen LogP contribution is 2.38. The molecule has 0 unspecified atom stereocenters. The molecule has 23 heavy (non-hydrogen) atoms. The first-order valence-electron chi connectivity index (χ1n) is 7.19. The van der Waals surface area contributed by atoms with E-state index in [-0.39, 0.29) is 5.69 Å². The van der Waals surface area contributed by atoms with Gasteiger partial charge in [0, 0.05) is 25.1 Å². The van der Waals surface area contributed by atoms with Crippen LogP contribution in [-0.2, 0) is 6.54 Å². The Bertz CT molecular complexity index is 784. The molecule has 0 spiro atoms. The molecule has 1 aliphatic rings. The Labute approximate surface area is 135 Å². The lowest BCUT2D eigenvalue weighted by Gasteiger charge is -2.10. The summed E-state index contributed by atoms with van der Waals surface area (Å²) >= 11 is 5.16. The van der Waals surface area contributed by atoms with Crippen LogP contribution in [0.25, 0.3) is 0 Å². The number of nitrogens with zero attached hydrogens (tertiary/aromatic N) is 2. The van der Waals surface area contributed by atoms with Crippen molar-refractivity contribution in [3.8, 4) is 0 Å². The van der Waals surface area contributed by atoms with Crippen LogP contribution < -0.4 is 10.6 Å². The molecular weight excluding hydrogens is 324 g/mol. The zero-order valence-electron chi connectivity index (χ0n) is 12.1. The van der Waals surface area contributed by atoms with Crippen molar-refractivity contribution < 1.29 is 13.6 Å². The number of benzene rings is 1. The fraction of sp³-hybridized carbons (Fsp3) is 0.357. The number of urea groups is 1. The van der Waals surface area contributed by atoms with E-state index in [1.54, 1.807) is 0 Å². The Morgan fingerprint density at radius 3 is 2.91 bits per heavy atom. The zero-order chi connectivity index (χ0) is 16.4. The first-order chi connectivity index (χ1) is 11.0. The molecule has 3 N–H and O–H groups in total. The van der Waals surface area contributed by atoms with Crippen LogP contribution in [-0.4, -0.2) is 27.3 Å². The van der Waals surface area contributed by atoms with Gasteiger partial charge in [-0.1, -0.05) is 0 Å². The van der Waals surface area contributed by atoms with E-state index in [2.05, 4.69) is 20.8 Å².